The second-order valence-electron chi connectivity index (χ2n) is 4.99. The lowest BCUT2D eigenvalue weighted by Gasteiger charge is -2.18. The normalized spacial score (nSPS) is 12.0. The SMILES string of the molecule is Cn1nnnc1SCC(=O)NC(Cn1nccn1)c1ccccc1. The predicted molar refractivity (Wildman–Crippen MR) is 86.9 cm³/mol. The first-order valence-corrected chi connectivity index (χ1v) is 8.24. The number of benzene rings is 1. The zero-order valence-corrected chi connectivity index (χ0v) is 13.8. The highest BCUT2D eigenvalue weighted by Crippen LogP contribution is 2.16. The van der Waals surface area contributed by atoms with Crippen molar-refractivity contribution < 1.29 is 4.79 Å². The Morgan fingerprint density at radius 2 is 2.00 bits per heavy atom. The standard InChI is InChI=1S/C14H16N8OS/c1-21-14(18-19-20-21)24-10-13(23)17-12(9-22-15-7-8-16-22)11-5-3-2-4-6-11/h2-8,12H,9-10H2,1H3,(H,17,23). The van der Waals surface area contributed by atoms with Crippen LogP contribution in [0.1, 0.15) is 11.6 Å². The van der Waals surface area contributed by atoms with Gasteiger partial charge in [-0.3, -0.25) is 4.79 Å². The second-order valence-corrected chi connectivity index (χ2v) is 5.93. The topological polar surface area (TPSA) is 103 Å². The molecule has 0 fully saturated rings. The number of hydrogen-bond donors (Lipinski definition) is 1. The molecule has 1 unspecified atom stereocenters. The number of tetrazole rings is 1. The first kappa shape index (κ1) is 16.1. The molecule has 1 aromatic carbocycles. The Hall–Kier alpha value is -2.75. The number of thioether (sulfide) groups is 1. The third kappa shape index (κ3) is 4.16. The maximum atomic E-state index is 12.3. The van der Waals surface area contributed by atoms with Crippen LogP contribution in [0.5, 0.6) is 0 Å². The van der Waals surface area contributed by atoms with E-state index in [2.05, 4.69) is 31.0 Å². The highest BCUT2D eigenvalue weighted by atomic mass is 32.2. The average Bonchev–Trinajstić information content (AvgIpc) is 3.25. The summed E-state index contributed by atoms with van der Waals surface area (Å²) < 4.78 is 1.53. The smallest absolute Gasteiger partial charge is 0.231 e. The van der Waals surface area contributed by atoms with Crippen LogP contribution < -0.4 is 5.32 Å². The number of carbonyl (C=O) groups is 1. The molecular weight excluding hydrogens is 328 g/mol. The molecule has 0 aliphatic carbocycles. The van der Waals surface area contributed by atoms with Crippen LogP contribution in [0.25, 0.3) is 0 Å². The van der Waals surface area contributed by atoms with E-state index in [1.807, 2.05) is 30.3 Å². The zero-order chi connectivity index (χ0) is 16.8. The van der Waals surface area contributed by atoms with Crippen LogP contribution in [0, 0.1) is 0 Å². The van der Waals surface area contributed by atoms with Gasteiger partial charge >= 0.3 is 0 Å². The quantitative estimate of drug-likeness (QED) is 0.621. The molecule has 1 amide bonds. The maximum Gasteiger partial charge on any atom is 0.231 e. The van der Waals surface area contributed by atoms with Crippen LogP contribution in [0.3, 0.4) is 0 Å². The molecule has 0 aliphatic heterocycles. The second kappa shape index (κ2) is 7.68. The van der Waals surface area contributed by atoms with E-state index < -0.39 is 0 Å². The highest BCUT2D eigenvalue weighted by molar-refractivity contribution is 7.99. The molecule has 3 aromatic rings. The van der Waals surface area contributed by atoms with Crippen LogP contribution in [-0.2, 0) is 18.4 Å². The summed E-state index contributed by atoms with van der Waals surface area (Å²) in [5, 5.41) is 23.0. The Bertz CT molecular complexity index is 773. The van der Waals surface area contributed by atoms with E-state index in [4.69, 9.17) is 0 Å². The molecule has 0 saturated carbocycles. The van der Waals surface area contributed by atoms with Crippen LogP contribution in [0.15, 0.2) is 47.9 Å². The number of amides is 1. The Labute approximate surface area is 142 Å². The fourth-order valence-corrected chi connectivity index (χ4v) is 2.79. The zero-order valence-electron chi connectivity index (χ0n) is 13.0. The lowest BCUT2D eigenvalue weighted by atomic mass is 10.1. The molecule has 1 atom stereocenters. The van der Waals surface area contributed by atoms with Gasteiger partial charge in [-0.15, -0.1) is 5.10 Å². The van der Waals surface area contributed by atoms with Crippen molar-refractivity contribution in [1.82, 2.24) is 40.5 Å². The van der Waals surface area contributed by atoms with Crippen LogP contribution in [0.2, 0.25) is 0 Å². The van der Waals surface area contributed by atoms with Gasteiger partial charge in [0.1, 0.15) is 0 Å². The number of nitrogens with zero attached hydrogens (tertiary/aromatic N) is 7. The van der Waals surface area contributed by atoms with E-state index in [9.17, 15) is 4.79 Å². The predicted octanol–water partition coefficient (Wildman–Crippen LogP) is 0.451. The fraction of sp³-hybridized carbons (Fsp3) is 0.286. The molecule has 124 valence electrons. The van der Waals surface area contributed by atoms with Gasteiger partial charge in [0.05, 0.1) is 30.7 Å². The van der Waals surface area contributed by atoms with Gasteiger partial charge in [-0.1, -0.05) is 42.1 Å². The fourth-order valence-electron chi connectivity index (χ4n) is 2.13. The van der Waals surface area contributed by atoms with Gasteiger partial charge in [-0.25, -0.2) is 4.68 Å². The summed E-state index contributed by atoms with van der Waals surface area (Å²) in [6, 6.07) is 9.52. The molecule has 0 spiro atoms. The molecule has 9 nitrogen and oxygen atoms in total. The first-order valence-electron chi connectivity index (χ1n) is 7.26. The van der Waals surface area contributed by atoms with Crippen molar-refractivity contribution in [2.45, 2.75) is 17.7 Å². The van der Waals surface area contributed by atoms with Crippen molar-refractivity contribution in [3.63, 3.8) is 0 Å². The Morgan fingerprint density at radius 1 is 1.25 bits per heavy atom. The van der Waals surface area contributed by atoms with Crippen molar-refractivity contribution in [2.24, 2.45) is 7.05 Å². The van der Waals surface area contributed by atoms with Gasteiger partial charge < -0.3 is 5.32 Å². The van der Waals surface area contributed by atoms with E-state index >= 15 is 0 Å². The van der Waals surface area contributed by atoms with Crippen molar-refractivity contribution >= 4 is 17.7 Å². The molecule has 2 heterocycles. The van der Waals surface area contributed by atoms with Crippen LogP contribution in [-0.4, -0.2) is 46.9 Å². The summed E-state index contributed by atoms with van der Waals surface area (Å²) in [6.45, 7) is 0.457. The van der Waals surface area contributed by atoms with E-state index in [-0.39, 0.29) is 17.7 Å². The maximum absolute atomic E-state index is 12.3. The lowest BCUT2D eigenvalue weighted by Crippen LogP contribution is -2.33. The van der Waals surface area contributed by atoms with Gasteiger partial charge in [0.2, 0.25) is 11.1 Å². The van der Waals surface area contributed by atoms with Gasteiger partial charge in [-0.2, -0.15) is 15.0 Å². The lowest BCUT2D eigenvalue weighted by molar-refractivity contribution is -0.119. The van der Waals surface area contributed by atoms with E-state index in [1.54, 1.807) is 24.2 Å². The number of hydrogen-bond acceptors (Lipinski definition) is 7. The Morgan fingerprint density at radius 3 is 2.67 bits per heavy atom. The van der Waals surface area contributed by atoms with Gasteiger partial charge in [-0.05, 0) is 16.0 Å². The number of aromatic nitrogens is 7. The third-order valence-corrected chi connectivity index (χ3v) is 4.27. The number of carbonyl (C=O) groups excluding carboxylic acids is 1. The number of aryl methyl sites for hydroxylation is 1. The van der Waals surface area contributed by atoms with Crippen LogP contribution >= 0.6 is 11.8 Å². The van der Waals surface area contributed by atoms with E-state index in [1.165, 1.54) is 16.4 Å². The van der Waals surface area contributed by atoms with E-state index in [0.29, 0.717) is 11.7 Å². The molecule has 0 aliphatic rings. The minimum atomic E-state index is -0.218. The summed E-state index contributed by atoms with van der Waals surface area (Å²) >= 11 is 1.28. The monoisotopic (exact) mass is 344 g/mol. The molecule has 0 radical (unpaired) electrons. The van der Waals surface area contributed by atoms with Gasteiger partial charge in [0.15, 0.2) is 0 Å². The molecule has 3 rings (SSSR count). The number of rotatable bonds is 7. The summed E-state index contributed by atoms with van der Waals surface area (Å²) in [7, 11) is 1.73. The Balaban J connectivity index is 1.64. The summed E-state index contributed by atoms with van der Waals surface area (Å²) in [5.74, 6) is 0.119. The molecule has 10 heteroatoms. The average molecular weight is 344 g/mol. The summed E-state index contributed by atoms with van der Waals surface area (Å²) in [4.78, 5) is 13.9. The molecule has 24 heavy (non-hydrogen) atoms. The van der Waals surface area contributed by atoms with Gasteiger partial charge in [0, 0.05) is 7.05 Å². The van der Waals surface area contributed by atoms with Crippen molar-refractivity contribution in [3.8, 4) is 0 Å². The van der Waals surface area contributed by atoms with E-state index in [0.717, 1.165) is 5.56 Å². The molecule has 2 aromatic heterocycles. The van der Waals surface area contributed by atoms with Crippen molar-refractivity contribution in [2.75, 3.05) is 5.75 Å². The Kier molecular flexibility index (Phi) is 5.16. The number of nitrogens with one attached hydrogen (secondary N) is 1. The molecule has 0 saturated heterocycles. The minimum Gasteiger partial charge on any atom is -0.347 e. The van der Waals surface area contributed by atoms with Crippen molar-refractivity contribution in [1.29, 1.82) is 0 Å². The highest BCUT2D eigenvalue weighted by Gasteiger charge is 2.17. The third-order valence-electron chi connectivity index (χ3n) is 3.26. The molecule has 1 N–H and O–H groups in total. The molecule has 0 bridgehead atoms. The summed E-state index contributed by atoms with van der Waals surface area (Å²) in [6.07, 6.45) is 3.22. The largest absolute Gasteiger partial charge is 0.347 e. The van der Waals surface area contributed by atoms with Gasteiger partial charge in [0.25, 0.3) is 0 Å². The summed E-state index contributed by atoms with van der Waals surface area (Å²) in [5.41, 5.74) is 0.994. The van der Waals surface area contributed by atoms with Crippen molar-refractivity contribution in [3.05, 3.63) is 48.3 Å². The van der Waals surface area contributed by atoms with Crippen LogP contribution in [0.4, 0.5) is 0 Å². The molecular formula is C14H16N8OS. The minimum absolute atomic E-state index is 0.107. The first-order chi connectivity index (χ1) is 11.7.